The molecule has 1 saturated heterocycles. The number of methoxy groups -OCH3 is 1. The highest BCUT2D eigenvalue weighted by atomic mass is 19.1. The van der Waals surface area contributed by atoms with Crippen molar-refractivity contribution in [2.45, 2.75) is 50.4 Å². The molecule has 0 aromatic carbocycles. The fourth-order valence-corrected chi connectivity index (χ4v) is 5.37. The number of anilines is 1. The molecule has 5 heterocycles. The van der Waals surface area contributed by atoms with Gasteiger partial charge in [0.05, 0.1) is 25.7 Å². The fraction of sp³-hybridized carbons (Fsp3) is 0.480. The maximum atomic E-state index is 14.6. The third-order valence-electron chi connectivity index (χ3n) is 7.77. The van der Waals surface area contributed by atoms with Gasteiger partial charge in [-0.2, -0.15) is 9.97 Å². The van der Waals surface area contributed by atoms with Crippen molar-refractivity contribution in [2.75, 3.05) is 25.6 Å². The van der Waals surface area contributed by atoms with E-state index in [1.54, 1.807) is 30.1 Å². The Kier molecular flexibility index (Phi) is 4.59. The minimum Gasteiger partial charge on any atom is -0.480 e. The smallest absolute Gasteiger partial charge is 0.228 e. The van der Waals surface area contributed by atoms with E-state index in [1.165, 1.54) is 18.9 Å². The van der Waals surface area contributed by atoms with Crippen LogP contribution in [0.3, 0.4) is 0 Å². The van der Waals surface area contributed by atoms with E-state index >= 15 is 0 Å². The van der Waals surface area contributed by atoms with Crippen molar-refractivity contribution in [1.82, 2.24) is 24.3 Å². The van der Waals surface area contributed by atoms with Gasteiger partial charge in [-0.25, -0.2) is 9.37 Å². The van der Waals surface area contributed by atoms with E-state index < -0.39 is 11.6 Å². The molecule has 0 amide bonds. The van der Waals surface area contributed by atoms with Gasteiger partial charge in [0.2, 0.25) is 11.8 Å². The van der Waals surface area contributed by atoms with Gasteiger partial charge < -0.3 is 28.9 Å². The molecular weight excluding hydrogens is 451 g/mol. The predicted molar refractivity (Wildman–Crippen MR) is 127 cm³/mol. The summed E-state index contributed by atoms with van der Waals surface area (Å²) in [5.41, 5.74) is 2.67. The van der Waals surface area contributed by atoms with Crippen LogP contribution in [0.25, 0.3) is 27.8 Å². The number of fused-ring (bicyclic) bond motifs is 2. The lowest BCUT2D eigenvalue weighted by atomic mass is 9.89. The monoisotopic (exact) mass is 478 g/mol. The van der Waals surface area contributed by atoms with Crippen molar-refractivity contribution < 1.29 is 18.6 Å². The maximum absolute atomic E-state index is 14.6. The third-order valence-corrected chi connectivity index (χ3v) is 7.77. The number of rotatable bonds is 4. The minimum absolute atomic E-state index is 0.221. The molecule has 2 spiro atoms. The first-order valence-electron chi connectivity index (χ1n) is 12.2. The third kappa shape index (κ3) is 3.54. The van der Waals surface area contributed by atoms with Gasteiger partial charge >= 0.3 is 0 Å². The lowest BCUT2D eigenvalue weighted by Gasteiger charge is -2.44. The second kappa shape index (κ2) is 7.63. The Balaban J connectivity index is 1.12. The van der Waals surface area contributed by atoms with Gasteiger partial charge in [0.15, 0.2) is 17.3 Å². The largest absolute Gasteiger partial charge is 0.480 e. The van der Waals surface area contributed by atoms with Crippen LogP contribution in [0, 0.1) is 11.2 Å². The average Bonchev–Trinajstić information content (AvgIpc) is 3.25. The van der Waals surface area contributed by atoms with Crippen LogP contribution < -0.4 is 10.1 Å². The van der Waals surface area contributed by atoms with E-state index in [0.29, 0.717) is 33.8 Å². The standard InChI is InChI=1S/C25H27FN6O3/c1-33-22-19-17(15-10-18(26)21-27-8-9-32(21)12-15)11-28-20(19)30-23(31-22)29-16-2-4-25(5-3-16)34-13-24(6-7-24)14-35-25/h8-12,16H,2-7,13-14H2,1H3,(H2,28,29,30,31). The van der Waals surface area contributed by atoms with E-state index in [9.17, 15) is 4.39 Å². The highest BCUT2D eigenvalue weighted by Gasteiger charge is 2.52. The van der Waals surface area contributed by atoms with Crippen molar-refractivity contribution in [3.8, 4) is 17.0 Å². The molecule has 3 aliphatic rings. The van der Waals surface area contributed by atoms with Gasteiger partial charge in [0, 0.05) is 60.2 Å². The van der Waals surface area contributed by atoms with Crippen LogP contribution in [-0.4, -0.2) is 56.5 Å². The summed E-state index contributed by atoms with van der Waals surface area (Å²) in [6.07, 6.45) is 12.9. The number of hydrogen-bond acceptors (Lipinski definition) is 7. The van der Waals surface area contributed by atoms with E-state index in [1.807, 2.05) is 6.20 Å². The van der Waals surface area contributed by atoms with E-state index in [-0.39, 0.29) is 11.7 Å². The summed E-state index contributed by atoms with van der Waals surface area (Å²) >= 11 is 0. The van der Waals surface area contributed by atoms with Crippen LogP contribution in [0.15, 0.2) is 30.9 Å². The zero-order valence-electron chi connectivity index (χ0n) is 19.5. The van der Waals surface area contributed by atoms with Crippen molar-refractivity contribution in [3.05, 3.63) is 36.7 Å². The molecule has 7 rings (SSSR count). The summed E-state index contributed by atoms with van der Waals surface area (Å²) in [7, 11) is 1.58. The number of ether oxygens (including phenoxy) is 3. The van der Waals surface area contributed by atoms with Crippen LogP contribution in [0.1, 0.15) is 38.5 Å². The number of nitrogens with zero attached hydrogens (tertiary/aromatic N) is 4. The number of aromatic amines is 1. The van der Waals surface area contributed by atoms with Gasteiger partial charge in [0.25, 0.3) is 0 Å². The van der Waals surface area contributed by atoms with Crippen LogP contribution in [0.4, 0.5) is 10.3 Å². The number of nitrogens with one attached hydrogen (secondary N) is 2. The molecule has 3 fully saturated rings. The molecule has 0 atom stereocenters. The van der Waals surface area contributed by atoms with Gasteiger partial charge in [-0.3, -0.25) is 0 Å². The SMILES string of the molecule is COc1nc(NC2CCC3(CC2)OCC2(CC2)CO3)nc2[nH]cc(-c3cc(F)c4nccn4c3)c12. The zero-order chi connectivity index (χ0) is 23.6. The average molecular weight is 479 g/mol. The molecule has 2 aliphatic carbocycles. The lowest BCUT2D eigenvalue weighted by molar-refractivity contribution is -0.300. The summed E-state index contributed by atoms with van der Waals surface area (Å²) in [5.74, 6) is 0.116. The highest BCUT2D eigenvalue weighted by Crippen LogP contribution is 2.52. The molecule has 35 heavy (non-hydrogen) atoms. The Bertz CT molecular complexity index is 1410. The zero-order valence-corrected chi connectivity index (χ0v) is 19.5. The lowest BCUT2D eigenvalue weighted by Crippen LogP contribution is -2.48. The Hall–Kier alpha value is -3.24. The summed E-state index contributed by atoms with van der Waals surface area (Å²) in [6.45, 7) is 1.66. The molecule has 0 bridgehead atoms. The van der Waals surface area contributed by atoms with Crippen LogP contribution >= 0.6 is 0 Å². The molecule has 0 radical (unpaired) electrons. The quantitative estimate of drug-likeness (QED) is 0.451. The fourth-order valence-electron chi connectivity index (χ4n) is 5.37. The second-order valence-electron chi connectivity index (χ2n) is 10.1. The van der Waals surface area contributed by atoms with Crippen LogP contribution in [0.5, 0.6) is 5.88 Å². The van der Waals surface area contributed by atoms with Gasteiger partial charge in [-0.05, 0) is 31.7 Å². The van der Waals surface area contributed by atoms with Crippen molar-refractivity contribution in [1.29, 1.82) is 0 Å². The van der Waals surface area contributed by atoms with Gasteiger partial charge in [0.1, 0.15) is 5.65 Å². The predicted octanol–water partition coefficient (Wildman–Crippen LogP) is 4.30. The van der Waals surface area contributed by atoms with Crippen LogP contribution in [0.2, 0.25) is 0 Å². The maximum Gasteiger partial charge on any atom is 0.228 e. The number of pyridine rings is 1. The molecule has 1 aliphatic heterocycles. The first kappa shape index (κ1) is 21.1. The van der Waals surface area contributed by atoms with E-state index in [2.05, 4.69) is 20.3 Å². The Morgan fingerprint density at radius 2 is 1.97 bits per heavy atom. The number of imidazole rings is 1. The topological polar surface area (TPSA) is 98.6 Å². The molecule has 2 saturated carbocycles. The normalized spacial score (nSPS) is 21.2. The molecule has 4 aromatic rings. The molecule has 182 valence electrons. The Labute approximate surface area is 201 Å². The number of H-pyrrole nitrogens is 1. The van der Waals surface area contributed by atoms with Gasteiger partial charge in [-0.15, -0.1) is 0 Å². The molecule has 10 heteroatoms. The van der Waals surface area contributed by atoms with E-state index in [4.69, 9.17) is 19.2 Å². The molecule has 4 aromatic heterocycles. The molecule has 2 N–H and O–H groups in total. The highest BCUT2D eigenvalue weighted by molar-refractivity contribution is 5.97. The molecule has 0 unspecified atom stereocenters. The van der Waals surface area contributed by atoms with Crippen molar-refractivity contribution in [3.63, 3.8) is 0 Å². The first-order chi connectivity index (χ1) is 17.1. The Morgan fingerprint density at radius 3 is 2.71 bits per heavy atom. The van der Waals surface area contributed by atoms with Crippen molar-refractivity contribution in [2.24, 2.45) is 5.41 Å². The molecule has 9 nitrogen and oxygen atoms in total. The summed E-state index contributed by atoms with van der Waals surface area (Å²) in [4.78, 5) is 16.6. The summed E-state index contributed by atoms with van der Waals surface area (Å²) in [6, 6.07) is 1.69. The number of halogens is 1. The van der Waals surface area contributed by atoms with Crippen molar-refractivity contribution >= 4 is 22.6 Å². The van der Waals surface area contributed by atoms with Crippen LogP contribution in [-0.2, 0) is 9.47 Å². The minimum atomic E-state index is -0.422. The molecular formula is C25H27FN6O3. The Morgan fingerprint density at radius 1 is 1.17 bits per heavy atom. The second-order valence-corrected chi connectivity index (χ2v) is 10.1. The van der Waals surface area contributed by atoms with Gasteiger partial charge in [-0.1, -0.05) is 0 Å². The number of hydrogen-bond donors (Lipinski definition) is 2. The summed E-state index contributed by atoms with van der Waals surface area (Å²) in [5, 5.41) is 4.18. The van der Waals surface area contributed by atoms with E-state index in [0.717, 1.165) is 44.5 Å². The summed E-state index contributed by atoms with van der Waals surface area (Å²) < 4.78 is 34.3. The number of aromatic nitrogens is 5. The first-order valence-corrected chi connectivity index (χ1v) is 12.2.